The Bertz CT molecular complexity index is 3400. The molecule has 0 aliphatic heterocycles. The number of hydrogen-bond donors (Lipinski definition) is 0. The predicted octanol–water partition coefficient (Wildman–Crippen LogP) is 15.4. The van der Waals surface area contributed by atoms with Crippen molar-refractivity contribution in [3.63, 3.8) is 0 Å². The quantitative estimate of drug-likeness (QED) is 0.156. The van der Waals surface area contributed by atoms with Crippen molar-refractivity contribution in [1.82, 2.24) is 4.57 Å². The maximum absolute atomic E-state index is 2.47. The first-order valence-electron chi connectivity index (χ1n) is 21.1. The number of nitrogens with zero attached hydrogens (tertiary/aromatic N) is 2. The summed E-state index contributed by atoms with van der Waals surface area (Å²) in [6.07, 6.45) is 0. The predicted molar refractivity (Wildman–Crippen MR) is 256 cm³/mol. The second kappa shape index (κ2) is 14.1. The van der Waals surface area contributed by atoms with E-state index < -0.39 is 5.41 Å². The molecular formula is C59H40N2. The van der Waals surface area contributed by atoms with Crippen LogP contribution >= 0.6 is 0 Å². The first kappa shape index (κ1) is 35.0. The summed E-state index contributed by atoms with van der Waals surface area (Å²) >= 11 is 0. The number of anilines is 3. The van der Waals surface area contributed by atoms with Crippen LogP contribution < -0.4 is 4.90 Å². The van der Waals surface area contributed by atoms with Gasteiger partial charge in [-0.1, -0.05) is 188 Å². The van der Waals surface area contributed by atoms with Gasteiger partial charge in [0.2, 0.25) is 0 Å². The lowest BCUT2D eigenvalue weighted by Crippen LogP contribution is -2.28. The number of aromatic nitrogens is 1. The van der Waals surface area contributed by atoms with Gasteiger partial charge in [-0.05, 0) is 110 Å². The Kier molecular flexibility index (Phi) is 8.11. The van der Waals surface area contributed by atoms with Gasteiger partial charge in [0.1, 0.15) is 0 Å². The summed E-state index contributed by atoms with van der Waals surface area (Å²) < 4.78 is 2.41. The molecule has 0 spiro atoms. The largest absolute Gasteiger partial charge is 0.310 e. The second-order valence-corrected chi connectivity index (χ2v) is 16.1. The van der Waals surface area contributed by atoms with Crippen LogP contribution in [0, 0.1) is 0 Å². The molecule has 286 valence electrons. The van der Waals surface area contributed by atoms with Crippen LogP contribution in [0.3, 0.4) is 0 Å². The highest BCUT2D eigenvalue weighted by atomic mass is 15.1. The Balaban J connectivity index is 1.12. The molecule has 2 nitrogen and oxygen atoms in total. The summed E-state index contributed by atoms with van der Waals surface area (Å²) in [4.78, 5) is 2.45. The fourth-order valence-corrected chi connectivity index (χ4v) is 10.1. The zero-order valence-electron chi connectivity index (χ0n) is 33.5. The molecule has 0 amide bonds. The van der Waals surface area contributed by atoms with E-state index >= 15 is 0 Å². The van der Waals surface area contributed by atoms with E-state index in [1.165, 1.54) is 77.1 Å². The highest BCUT2D eigenvalue weighted by Gasteiger charge is 2.46. The number of hydrogen-bond acceptors (Lipinski definition) is 1. The van der Waals surface area contributed by atoms with Gasteiger partial charge in [-0.2, -0.15) is 0 Å². The maximum Gasteiger partial charge on any atom is 0.0714 e. The van der Waals surface area contributed by atoms with Gasteiger partial charge in [0.25, 0.3) is 0 Å². The van der Waals surface area contributed by atoms with Crippen LogP contribution in [0.5, 0.6) is 0 Å². The van der Waals surface area contributed by atoms with Crippen molar-refractivity contribution in [3.8, 4) is 27.9 Å². The zero-order chi connectivity index (χ0) is 40.3. The van der Waals surface area contributed by atoms with E-state index in [9.17, 15) is 0 Å². The molecule has 1 aliphatic carbocycles. The molecule has 0 saturated heterocycles. The van der Waals surface area contributed by atoms with Crippen LogP contribution in [0.25, 0.3) is 60.5 Å². The molecule has 0 N–H and O–H groups in total. The smallest absolute Gasteiger partial charge is 0.0714 e. The molecule has 1 heterocycles. The van der Waals surface area contributed by atoms with Gasteiger partial charge in [0, 0.05) is 33.5 Å². The first-order valence-corrected chi connectivity index (χ1v) is 21.1. The minimum Gasteiger partial charge on any atom is -0.310 e. The Morgan fingerprint density at radius 2 is 0.885 bits per heavy atom. The lowest BCUT2D eigenvalue weighted by atomic mass is 9.67. The van der Waals surface area contributed by atoms with Crippen LogP contribution in [0.15, 0.2) is 243 Å². The van der Waals surface area contributed by atoms with Gasteiger partial charge in [0.15, 0.2) is 0 Å². The molecule has 1 aliphatic rings. The monoisotopic (exact) mass is 776 g/mol. The van der Waals surface area contributed by atoms with Crippen molar-refractivity contribution < 1.29 is 0 Å². The van der Waals surface area contributed by atoms with Crippen molar-refractivity contribution >= 4 is 49.6 Å². The average Bonchev–Trinajstić information content (AvgIpc) is 3.83. The molecule has 1 atom stereocenters. The molecular weight excluding hydrogens is 737 g/mol. The highest BCUT2D eigenvalue weighted by Crippen LogP contribution is 2.57. The van der Waals surface area contributed by atoms with Crippen LogP contribution in [-0.2, 0) is 5.41 Å². The summed E-state index contributed by atoms with van der Waals surface area (Å²) in [5.74, 6) is 0. The maximum atomic E-state index is 2.47. The number of para-hydroxylation sites is 2. The summed E-state index contributed by atoms with van der Waals surface area (Å²) in [6, 6.07) is 89.2. The fourth-order valence-electron chi connectivity index (χ4n) is 10.1. The minimum atomic E-state index is -0.558. The summed E-state index contributed by atoms with van der Waals surface area (Å²) in [6.45, 7) is 0. The van der Waals surface area contributed by atoms with Gasteiger partial charge in [0.05, 0.1) is 16.4 Å². The topological polar surface area (TPSA) is 8.17 Å². The summed E-state index contributed by atoms with van der Waals surface area (Å²) in [5.41, 5.74) is 16.3. The molecule has 1 aromatic heterocycles. The van der Waals surface area contributed by atoms with Crippen LogP contribution in [0.1, 0.15) is 22.3 Å². The molecule has 12 rings (SSSR count). The third-order valence-corrected chi connectivity index (χ3v) is 12.8. The molecule has 0 bridgehead atoms. The molecule has 0 fully saturated rings. The van der Waals surface area contributed by atoms with Crippen molar-refractivity contribution in [2.24, 2.45) is 0 Å². The molecule has 1 unspecified atom stereocenters. The Morgan fingerprint density at radius 1 is 0.328 bits per heavy atom. The molecule has 61 heavy (non-hydrogen) atoms. The van der Waals surface area contributed by atoms with E-state index in [-0.39, 0.29) is 0 Å². The third-order valence-electron chi connectivity index (χ3n) is 12.8. The van der Waals surface area contributed by atoms with E-state index in [0.29, 0.717) is 0 Å². The Labute approximate surface area is 355 Å². The van der Waals surface area contributed by atoms with Crippen LogP contribution in [0.4, 0.5) is 17.1 Å². The molecule has 11 aromatic rings. The highest BCUT2D eigenvalue weighted by molar-refractivity contribution is 6.10. The van der Waals surface area contributed by atoms with Gasteiger partial charge < -0.3 is 9.47 Å². The average molecular weight is 777 g/mol. The van der Waals surface area contributed by atoms with Crippen molar-refractivity contribution in [2.75, 3.05) is 4.90 Å². The second-order valence-electron chi connectivity index (χ2n) is 16.1. The van der Waals surface area contributed by atoms with Gasteiger partial charge in [-0.25, -0.2) is 0 Å². The lowest BCUT2D eigenvalue weighted by molar-refractivity contribution is 0.768. The molecule has 0 radical (unpaired) electrons. The van der Waals surface area contributed by atoms with E-state index in [1.54, 1.807) is 0 Å². The molecule has 0 saturated carbocycles. The fraction of sp³-hybridized carbons (Fsp3) is 0.0169. The number of rotatable bonds is 7. The van der Waals surface area contributed by atoms with E-state index in [0.717, 1.165) is 22.7 Å². The normalized spacial score (nSPS) is 14.3. The van der Waals surface area contributed by atoms with Gasteiger partial charge in [-0.3, -0.25) is 0 Å². The first-order chi connectivity index (χ1) is 30.3. The van der Waals surface area contributed by atoms with Crippen LogP contribution in [-0.4, -0.2) is 4.57 Å². The molecule has 10 aromatic carbocycles. The number of benzene rings is 10. The van der Waals surface area contributed by atoms with Crippen LogP contribution in [0.2, 0.25) is 0 Å². The molecule has 2 heteroatoms. The van der Waals surface area contributed by atoms with E-state index in [4.69, 9.17) is 0 Å². The summed E-state index contributed by atoms with van der Waals surface area (Å²) in [7, 11) is 0. The van der Waals surface area contributed by atoms with E-state index in [1.807, 2.05) is 0 Å². The van der Waals surface area contributed by atoms with Crippen molar-refractivity contribution in [3.05, 3.63) is 265 Å². The van der Waals surface area contributed by atoms with Gasteiger partial charge in [-0.15, -0.1) is 0 Å². The lowest BCUT2D eigenvalue weighted by Gasteiger charge is -2.35. The standard InChI is InChI=1S/C59H40N2/c1-4-16-41(17-5-1)43-28-31-46(32-29-43)59(45-20-6-2-7-21-45)55-26-14-12-24-51(55)52-36-34-49(39-56(52)59)60(48-33-30-42-18-10-11-19-44(42)38-48)50-35-37-54-53-25-13-15-27-57(53)61(58(54)40-50)47-22-8-3-9-23-47/h1-40H. The van der Waals surface area contributed by atoms with Crippen molar-refractivity contribution in [2.45, 2.75) is 5.41 Å². The van der Waals surface area contributed by atoms with Gasteiger partial charge >= 0.3 is 0 Å². The Morgan fingerprint density at radius 3 is 1.70 bits per heavy atom. The third kappa shape index (κ3) is 5.50. The zero-order valence-corrected chi connectivity index (χ0v) is 33.5. The summed E-state index contributed by atoms with van der Waals surface area (Å²) in [5, 5.41) is 4.90. The van der Waals surface area contributed by atoms with Crippen molar-refractivity contribution in [1.29, 1.82) is 0 Å². The number of fused-ring (bicyclic) bond motifs is 7. The Hall–Kier alpha value is -7.94. The minimum absolute atomic E-state index is 0.558. The SMILES string of the molecule is c1ccc(-c2ccc(C3(c4ccccc4)c4ccccc4-c4ccc(N(c5ccc6ccccc6c5)c5ccc6c7ccccc7n(-c7ccccc7)c6c5)cc43)cc2)cc1. The van der Waals surface area contributed by atoms with E-state index in [2.05, 4.69) is 252 Å².